The van der Waals surface area contributed by atoms with E-state index in [2.05, 4.69) is 32.9 Å². The average molecular weight is 440 g/mol. The SMILES string of the molecule is CO[C@H]1CN(c2ncc(C)cc2-c2nc(C)no2)CCC1N(C1CCCC1)C1CCCC1. The van der Waals surface area contributed by atoms with E-state index in [1.807, 2.05) is 20.2 Å². The molecule has 2 atom stereocenters. The summed E-state index contributed by atoms with van der Waals surface area (Å²) in [6, 6.07) is 4.07. The van der Waals surface area contributed by atoms with Crippen LogP contribution in [0.25, 0.3) is 11.5 Å². The highest BCUT2D eigenvalue weighted by Gasteiger charge is 2.42. The number of methoxy groups -OCH3 is 1. The van der Waals surface area contributed by atoms with Gasteiger partial charge in [-0.3, -0.25) is 4.90 Å². The van der Waals surface area contributed by atoms with Crippen molar-refractivity contribution >= 4 is 5.82 Å². The summed E-state index contributed by atoms with van der Waals surface area (Å²) in [6.45, 7) is 5.71. The standard InChI is InChI=1S/C25H37N5O2/c1-17-14-21(25-27-18(2)28-32-25)24(26-15-17)29-13-12-22(23(16-29)31-3)30(19-8-4-5-9-19)20-10-6-7-11-20/h14-15,19-20,22-23H,4-13,16H2,1-3H3/t22?,23-/m0/s1. The number of hydrogen-bond donors (Lipinski definition) is 0. The third-order valence-electron chi connectivity index (χ3n) is 7.76. The van der Waals surface area contributed by atoms with Crippen LogP contribution in [0, 0.1) is 13.8 Å². The normalized spacial score (nSPS) is 25.3. The van der Waals surface area contributed by atoms with E-state index in [0.717, 1.165) is 48.5 Å². The number of rotatable bonds is 6. The first-order chi connectivity index (χ1) is 15.6. The molecule has 3 fully saturated rings. The Balaban J connectivity index is 1.40. The Morgan fingerprint density at radius 3 is 2.31 bits per heavy atom. The number of aromatic nitrogens is 3. The summed E-state index contributed by atoms with van der Waals surface area (Å²) in [7, 11) is 1.88. The molecule has 2 aromatic heterocycles. The lowest BCUT2D eigenvalue weighted by molar-refractivity contribution is -0.0320. The molecule has 0 aromatic carbocycles. The number of piperidine rings is 1. The third-order valence-corrected chi connectivity index (χ3v) is 7.76. The lowest BCUT2D eigenvalue weighted by Crippen LogP contribution is -2.59. The minimum absolute atomic E-state index is 0.172. The minimum Gasteiger partial charge on any atom is -0.378 e. The highest BCUT2D eigenvalue weighted by atomic mass is 16.5. The van der Waals surface area contributed by atoms with Gasteiger partial charge in [-0.2, -0.15) is 4.98 Å². The van der Waals surface area contributed by atoms with Crippen molar-refractivity contribution in [1.29, 1.82) is 0 Å². The topological polar surface area (TPSA) is 67.5 Å². The zero-order valence-electron chi connectivity index (χ0n) is 19.8. The van der Waals surface area contributed by atoms with Gasteiger partial charge in [-0.1, -0.05) is 30.8 Å². The molecule has 32 heavy (non-hydrogen) atoms. The summed E-state index contributed by atoms with van der Waals surface area (Å²) in [4.78, 5) is 14.6. The molecule has 2 aliphatic carbocycles. The van der Waals surface area contributed by atoms with E-state index in [1.165, 1.54) is 51.4 Å². The van der Waals surface area contributed by atoms with Crippen LogP contribution >= 0.6 is 0 Å². The lowest BCUT2D eigenvalue weighted by atomic mass is 9.94. The zero-order chi connectivity index (χ0) is 22.1. The van der Waals surface area contributed by atoms with Crippen LogP contribution in [0.2, 0.25) is 0 Å². The van der Waals surface area contributed by atoms with E-state index in [0.29, 0.717) is 17.8 Å². The van der Waals surface area contributed by atoms with Crippen LogP contribution in [0.3, 0.4) is 0 Å². The molecular formula is C25H37N5O2. The van der Waals surface area contributed by atoms with E-state index in [9.17, 15) is 0 Å². The van der Waals surface area contributed by atoms with Crippen molar-refractivity contribution in [1.82, 2.24) is 20.0 Å². The highest BCUT2D eigenvalue weighted by molar-refractivity contribution is 5.70. The van der Waals surface area contributed by atoms with Gasteiger partial charge in [0.15, 0.2) is 5.82 Å². The van der Waals surface area contributed by atoms with E-state index >= 15 is 0 Å². The van der Waals surface area contributed by atoms with Crippen LogP contribution in [0.1, 0.15) is 69.2 Å². The summed E-state index contributed by atoms with van der Waals surface area (Å²) >= 11 is 0. The fourth-order valence-corrected chi connectivity index (χ4v) is 6.29. The fourth-order valence-electron chi connectivity index (χ4n) is 6.29. The summed E-state index contributed by atoms with van der Waals surface area (Å²) < 4.78 is 11.7. The molecule has 5 rings (SSSR count). The van der Waals surface area contributed by atoms with Crippen LogP contribution in [-0.4, -0.2) is 64.5 Å². The van der Waals surface area contributed by atoms with Gasteiger partial charge in [0, 0.05) is 44.5 Å². The number of ether oxygens (including phenoxy) is 1. The van der Waals surface area contributed by atoms with Crippen LogP contribution in [0.4, 0.5) is 5.82 Å². The van der Waals surface area contributed by atoms with E-state index in [4.69, 9.17) is 14.2 Å². The van der Waals surface area contributed by atoms with Gasteiger partial charge in [-0.25, -0.2) is 4.98 Å². The number of nitrogens with zero attached hydrogens (tertiary/aromatic N) is 5. The monoisotopic (exact) mass is 439 g/mol. The number of anilines is 1. The van der Waals surface area contributed by atoms with Gasteiger partial charge < -0.3 is 14.2 Å². The molecule has 1 saturated heterocycles. The molecule has 7 nitrogen and oxygen atoms in total. The smallest absolute Gasteiger partial charge is 0.261 e. The van der Waals surface area contributed by atoms with Gasteiger partial charge in [-0.15, -0.1) is 0 Å². The molecule has 0 bridgehead atoms. The molecule has 1 unspecified atom stereocenters. The maximum Gasteiger partial charge on any atom is 0.261 e. The average Bonchev–Trinajstić information content (AvgIpc) is 3.58. The van der Waals surface area contributed by atoms with Gasteiger partial charge in [-0.05, 0) is 57.6 Å². The van der Waals surface area contributed by atoms with E-state index in [-0.39, 0.29) is 6.10 Å². The maximum absolute atomic E-state index is 6.17. The van der Waals surface area contributed by atoms with Crippen molar-refractivity contribution in [2.24, 2.45) is 0 Å². The molecule has 3 heterocycles. The van der Waals surface area contributed by atoms with Crippen LogP contribution < -0.4 is 4.90 Å². The molecule has 2 aromatic rings. The maximum atomic E-state index is 6.17. The first kappa shape index (κ1) is 21.8. The van der Waals surface area contributed by atoms with Crippen molar-refractivity contribution < 1.29 is 9.26 Å². The predicted molar refractivity (Wildman–Crippen MR) is 125 cm³/mol. The van der Waals surface area contributed by atoms with Gasteiger partial charge in [0.2, 0.25) is 0 Å². The Morgan fingerprint density at radius 1 is 1.03 bits per heavy atom. The second-order valence-electron chi connectivity index (χ2n) is 9.93. The van der Waals surface area contributed by atoms with Gasteiger partial charge >= 0.3 is 0 Å². The molecular weight excluding hydrogens is 402 g/mol. The molecule has 0 amide bonds. The highest BCUT2D eigenvalue weighted by Crippen LogP contribution is 2.38. The summed E-state index contributed by atoms with van der Waals surface area (Å²) in [5, 5.41) is 4.00. The van der Waals surface area contributed by atoms with Crippen LogP contribution in [0.5, 0.6) is 0 Å². The Morgan fingerprint density at radius 2 is 1.72 bits per heavy atom. The summed E-state index contributed by atoms with van der Waals surface area (Å²) in [5.74, 6) is 2.11. The lowest BCUT2D eigenvalue weighted by Gasteiger charge is -2.48. The quantitative estimate of drug-likeness (QED) is 0.655. The molecule has 0 radical (unpaired) electrons. The van der Waals surface area contributed by atoms with Gasteiger partial charge in [0.05, 0.1) is 11.7 Å². The second-order valence-corrected chi connectivity index (χ2v) is 9.93. The van der Waals surface area contributed by atoms with E-state index in [1.54, 1.807) is 0 Å². The number of aryl methyl sites for hydroxylation is 2. The van der Waals surface area contributed by atoms with Gasteiger partial charge in [0.25, 0.3) is 5.89 Å². The number of pyridine rings is 1. The largest absolute Gasteiger partial charge is 0.378 e. The van der Waals surface area contributed by atoms with Crippen molar-refractivity contribution in [3.63, 3.8) is 0 Å². The van der Waals surface area contributed by atoms with E-state index < -0.39 is 0 Å². The first-order valence-electron chi connectivity index (χ1n) is 12.5. The molecule has 0 N–H and O–H groups in total. The first-order valence-corrected chi connectivity index (χ1v) is 12.5. The molecule has 0 spiro atoms. The second kappa shape index (κ2) is 9.48. The van der Waals surface area contributed by atoms with Crippen molar-refractivity contribution in [2.75, 3.05) is 25.1 Å². The Bertz CT molecular complexity index is 887. The molecule has 7 heteroatoms. The number of hydrogen-bond acceptors (Lipinski definition) is 7. The zero-order valence-corrected chi connectivity index (χ0v) is 19.8. The summed E-state index contributed by atoms with van der Waals surface area (Å²) in [5.41, 5.74) is 2.01. The predicted octanol–water partition coefficient (Wildman–Crippen LogP) is 4.53. The Kier molecular flexibility index (Phi) is 6.47. The molecule has 174 valence electrons. The Hall–Kier alpha value is -1.99. The van der Waals surface area contributed by atoms with Crippen molar-refractivity contribution in [3.8, 4) is 11.5 Å². The van der Waals surface area contributed by atoms with Crippen LogP contribution in [-0.2, 0) is 4.74 Å². The minimum atomic E-state index is 0.172. The van der Waals surface area contributed by atoms with Crippen molar-refractivity contribution in [2.45, 2.75) is 95.9 Å². The Labute approximate surface area is 191 Å². The van der Waals surface area contributed by atoms with Crippen molar-refractivity contribution in [3.05, 3.63) is 23.7 Å². The molecule has 3 aliphatic rings. The summed E-state index contributed by atoms with van der Waals surface area (Å²) in [6.07, 6.45) is 14.1. The van der Waals surface area contributed by atoms with Gasteiger partial charge in [0.1, 0.15) is 5.82 Å². The third kappa shape index (κ3) is 4.29. The molecule has 1 aliphatic heterocycles. The fraction of sp³-hybridized carbons (Fsp3) is 0.720. The van der Waals surface area contributed by atoms with Crippen LogP contribution in [0.15, 0.2) is 16.8 Å². The molecule has 2 saturated carbocycles.